The standard InChI is InChI=1S/C16H18N2O2S/c1-5-18-13-8-12(15-10(3)21-11(4)17-15)6-7-14(13)20-9(2)16(18)19/h6-9H,5H2,1-4H3. The molecule has 1 aromatic carbocycles. The number of rotatable bonds is 2. The van der Waals surface area contributed by atoms with Gasteiger partial charge in [0.05, 0.1) is 16.4 Å². The lowest BCUT2D eigenvalue weighted by Gasteiger charge is -2.32. The number of thiazole rings is 1. The normalized spacial score (nSPS) is 17.6. The van der Waals surface area contributed by atoms with E-state index >= 15 is 0 Å². The SMILES string of the molecule is CCN1C(=O)C(C)Oc2ccc(-c3nc(C)sc3C)cc21. The summed E-state index contributed by atoms with van der Waals surface area (Å²) in [5.74, 6) is 0.769. The van der Waals surface area contributed by atoms with Gasteiger partial charge in [-0.1, -0.05) is 0 Å². The molecule has 0 N–H and O–H groups in total. The Balaban J connectivity index is 2.11. The highest BCUT2D eigenvalue weighted by atomic mass is 32.1. The van der Waals surface area contributed by atoms with Gasteiger partial charge in [-0.2, -0.15) is 0 Å². The minimum Gasteiger partial charge on any atom is -0.479 e. The summed E-state index contributed by atoms with van der Waals surface area (Å²) in [7, 11) is 0. The number of hydrogen-bond acceptors (Lipinski definition) is 4. The van der Waals surface area contributed by atoms with Crippen LogP contribution in [0.1, 0.15) is 23.7 Å². The van der Waals surface area contributed by atoms with Crippen molar-refractivity contribution in [1.29, 1.82) is 0 Å². The smallest absolute Gasteiger partial charge is 0.267 e. The Kier molecular flexibility index (Phi) is 3.45. The zero-order chi connectivity index (χ0) is 15.1. The van der Waals surface area contributed by atoms with E-state index < -0.39 is 6.10 Å². The molecule has 1 aromatic heterocycles. The third-order valence-electron chi connectivity index (χ3n) is 3.66. The molecule has 0 aliphatic carbocycles. The quantitative estimate of drug-likeness (QED) is 0.852. The zero-order valence-corrected chi connectivity index (χ0v) is 13.5. The molecule has 0 bridgehead atoms. The summed E-state index contributed by atoms with van der Waals surface area (Å²) in [6.07, 6.45) is -0.424. The minimum absolute atomic E-state index is 0.00771. The van der Waals surface area contributed by atoms with Crippen LogP contribution < -0.4 is 9.64 Å². The average molecular weight is 302 g/mol. The van der Waals surface area contributed by atoms with E-state index in [0.717, 1.165) is 27.7 Å². The van der Waals surface area contributed by atoms with Gasteiger partial charge < -0.3 is 9.64 Å². The van der Waals surface area contributed by atoms with Gasteiger partial charge in [-0.05, 0) is 45.9 Å². The number of carbonyl (C=O) groups excluding carboxylic acids is 1. The van der Waals surface area contributed by atoms with Crippen LogP contribution in [0.3, 0.4) is 0 Å². The Morgan fingerprint density at radius 3 is 2.76 bits per heavy atom. The van der Waals surface area contributed by atoms with Gasteiger partial charge in [0.1, 0.15) is 5.75 Å². The first-order valence-corrected chi connectivity index (χ1v) is 7.89. The number of nitrogens with zero attached hydrogens (tertiary/aromatic N) is 2. The van der Waals surface area contributed by atoms with Crippen LogP contribution in [0.25, 0.3) is 11.3 Å². The number of anilines is 1. The summed E-state index contributed by atoms with van der Waals surface area (Å²) >= 11 is 1.69. The molecule has 110 valence electrons. The van der Waals surface area contributed by atoms with Crippen molar-refractivity contribution in [3.63, 3.8) is 0 Å². The average Bonchev–Trinajstić information content (AvgIpc) is 2.79. The van der Waals surface area contributed by atoms with Gasteiger partial charge in [0.15, 0.2) is 6.10 Å². The van der Waals surface area contributed by atoms with Gasteiger partial charge in [-0.15, -0.1) is 11.3 Å². The molecular formula is C16H18N2O2S. The number of aromatic nitrogens is 1. The highest BCUT2D eigenvalue weighted by Crippen LogP contribution is 2.38. The van der Waals surface area contributed by atoms with Crippen molar-refractivity contribution in [3.8, 4) is 17.0 Å². The van der Waals surface area contributed by atoms with E-state index in [1.807, 2.05) is 32.0 Å². The monoisotopic (exact) mass is 302 g/mol. The predicted octanol–water partition coefficient (Wildman–Crippen LogP) is 3.56. The van der Waals surface area contributed by atoms with Gasteiger partial charge in [0, 0.05) is 17.0 Å². The Bertz CT molecular complexity index is 708. The number of hydrogen-bond donors (Lipinski definition) is 0. The Labute approximate surface area is 128 Å². The Hall–Kier alpha value is -1.88. The molecule has 1 amide bonds. The number of amides is 1. The van der Waals surface area contributed by atoms with Crippen LogP contribution in [-0.2, 0) is 4.79 Å². The molecule has 0 radical (unpaired) electrons. The molecular weight excluding hydrogens is 284 g/mol. The van der Waals surface area contributed by atoms with Crippen LogP contribution >= 0.6 is 11.3 Å². The second-order valence-corrected chi connectivity index (χ2v) is 6.57. The second-order valence-electron chi connectivity index (χ2n) is 5.16. The first-order valence-electron chi connectivity index (χ1n) is 7.07. The third kappa shape index (κ3) is 2.31. The summed E-state index contributed by atoms with van der Waals surface area (Å²) in [5, 5.41) is 1.05. The van der Waals surface area contributed by atoms with Gasteiger partial charge in [-0.3, -0.25) is 4.79 Å². The molecule has 0 saturated carbocycles. The zero-order valence-electron chi connectivity index (χ0n) is 12.6. The van der Waals surface area contributed by atoms with Crippen LogP contribution in [0.2, 0.25) is 0 Å². The van der Waals surface area contributed by atoms with E-state index in [1.165, 1.54) is 4.88 Å². The first-order chi connectivity index (χ1) is 10.0. The van der Waals surface area contributed by atoms with E-state index in [2.05, 4.69) is 11.9 Å². The molecule has 0 fully saturated rings. The maximum absolute atomic E-state index is 12.2. The fourth-order valence-corrected chi connectivity index (χ4v) is 3.52. The summed E-state index contributed by atoms with van der Waals surface area (Å²) in [6, 6.07) is 5.95. The molecule has 1 unspecified atom stereocenters. The van der Waals surface area contributed by atoms with Crippen molar-refractivity contribution in [1.82, 2.24) is 4.98 Å². The van der Waals surface area contributed by atoms with E-state index in [0.29, 0.717) is 6.54 Å². The third-order valence-corrected chi connectivity index (χ3v) is 4.55. The van der Waals surface area contributed by atoms with E-state index in [9.17, 15) is 4.79 Å². The largest absolute Gasteiger partial charge is 0.479 e. The van der Waals surface area contributed by atoms with E-state index in [1.54, 1.807) is 23.2 Å². The van der Waals surface area contributed by atoms with E-state index in [-0.39, 0.29) is 5.91 Å². The summed E-state index contributed by atoms with van der Waals surface area (Å²) < 4.78 is 5.69. The van der Waals surface area contributed by atoms with Crippen molar-refractivity contribution >= 4 is 22.9 Å². The van der Waals surface area contributed by atoms with E-state index in [4.69, 9.17) is 4.74 Å². The predicted molar refractivity (Wildman–Crippen MR) is 85.1 cm³/mol. The van der Waals surface area contributed by atoms with Crippen molar-refractivity contribution in [2.45, 2.75) is 33.8 Å². The van der Waals surface area contributed by atoms with Crippen LogP contribution in [0.4, 0.5) is 5.69 Å². The van der Waals surface area contributed by atoms with Crippen LogP contribution in [-0.4, -0.2) is 23.5 Å². The molecule has 4 nitrogen and oxygen atoms in total. The van der Waals surface area contributed by atoms with Gasteiger partial charge >= 0.3 is 0 Å². The second kappa shape index (κ2) is 5.15. The van der Waals surface area contributed by atoms with Crippen molar-refractivity contribution in [2.75, 3.05) is 11.4 Å². The van der Waals surface area contributed by atoms with Crippen molar-refractivity contribution < 1.29 is 9.53 Å². The molecule has 1 aliphatic heterocycles. The number of benzene rings is 1. The summed E-state index contributed by atoms with van der Waals surface area (Å²) in [6.45, 7) is 8.48. The topological polar surface area (TPSA) is 42.4 Å². The maximum Gasteiger partial charge on any atom is 0.267 e. The Morgan fingerprint density at radius 2 is 2.14 bits per heavy atom. The lowest BCUT2D eigenvalue weighted by Crippen LogP contribution is -2.44. The number of carbonyl (C=O) groups is 1. The highest BCUT2D eigenvalue weighted by molar-refractivity contribution is 7.11. The maximum atomic E-state index is 12.2. The van der Waals surface area contributed by atoms with Gasteiger partial charge in [0.2, 0.25) is 0 Å². The molecule has 0 saturated heterocycles. The molecule has 21 heavy (non-hydrogen) atoms. The fourth-order valence-electron chi connectivity index (χ4n) is 2.68. The number of fused-ring (bicyclic) bond motifs is 1. The fraction of sp³-hybridized carbons (Fsp3) is 0.375. The number of ether oxygens (including phenoxy) is 1. The molecule has 1 atom stereocenters. The molecule has 1 aliphatic rings. The van der Waals surface area contributed by atoms with Gasteiger partial charge in [-0.25, -0.2) is 4.98 Å². The lowest BCUT2D eigenvalue weighted by atomic mass is 10.1. The first kappa shape index (κ1) is 14.1. The minimum atomic E-state index is -0.424. The molecule has 2 heterocycles. The number of aryl methyl sites for hydroxylation is 2. The summed E-state index contributed by atoms with van der Waals surface area (Å²) in [4.78, 5) is 19.8. The Morgan fingerprint density at radius 1 is 1.38 bits per heavy atom. The highest BCUT2D eigenvalue weighted by Gasteiger charge is 2.30. The van der Waals surface area contributed by atoms with Crippen molar-refractivity contribution in [3.05, 3.63) is 28.1 Å². The molecule has 2 aromatic rings. The van der Waals surface area contributed by atoms with Crippen LogP contribution in [0.15, 0.2) is 18.2 Å². The summed E-state index contributed by atoms with van der Waals surface area (Å²) in [5.41, 5.74) is 2.85. The van der Waals surface area contributed by atoms with Crippen LogP contribution in [0, 0.1) is 13.8 Å². The van der Waals surface area contributed by atoms with Crippen LogP contribution in [0.5, 0.6) is 5.75 Å². The molecule has 0 spiro atoms. The number of likely N-dealkylation sites (N-methyl/N-ethyl adjacent to an activating group) is 1. The van der Waals surface area contributed by atoms with Gasteiger partial charge in [0.25, 0.3) is 5.91 Å². The molecule has 5 heteroatoms. The lowest BCUT2D eigenvalue weighted by molar-refractivity contribution is -0.125. The molecule has 3 rings (SSSR count). The van der Waals surface area contributed by atoms with Crippen molar-refractivity contribution in [2.24, 2.45) is 0 Å².